The molecule has 0 bridgehead atoms. The average Bonchev–Trinajstić information content (AvgIpc) is 2.66. The lowest BCUT2D eigenvalue weighted by Crippen LogP contribution is -2.04. The first kappa shape index (κ1) is 14.4. The summed E-state index contributed by atoms with van der Waals surface area (Å²) < 4.78 is 7.45. The minimum atomic E-state index is -0.892. The molecule has 1 aromatic heterocycles. The zero-order valence-corrected chi connectivity index (χ0v) is 12.0. The highest BCUT2D eigenvalue weighted by atomic mass is 35.5. The summed E-state index contributed by atoms with van der Waals surface area (Å²) in [6.45, 7) is 2.12. The van der Waals surface area contributed by atoms with Gasteiger partial charge >= 0.3 is 5.97 Å². The van der Waals surface area contributed by atoms with Crippen LogP contribution in [0.15, 0.2) is 24.3 Å². The van der Waals surface area contributed by atoms with Crippen LogP contribution in [0.25, 0.3) is 0 Å². The van der Waals surface area contributed by atoms with Gasteiger partial charge in [-0.05, 0) is 31.2 Å². The number of ether oxygens (including phenoxy) is 1. The van der Waals surface area contributed by atoms with E-state index >= 15 is 0 Å². The van der Waals surface area contributed by atoms with Crippen LogP contribution < -0.4 is 4.74 Å². The molecule has 1 heterocycles. The molecule has 1 aromatic carbocycles. The molecule has 0 saturated heterocycles. The molecule has 2 rings (SSSR count). The zero-order chi connectivity index (χ0) is 14.7. The van der Waals surface area contributed by atoms with E-state index in [1.807, 2.05) is 18.5 Å². The predicted octanol–water partition coefficient (Wildman–Crippen LogP) is 2.59. The van der Waals surface area contributed by atoms with E-state index in [9.17, 15) is 4.79 Å². The van der Waals surface area contributed by atoms with Crippen LogP contribution in [0.4, 0.5) is 0 Å². The van der Waals surface area contributed by atoms with Gasteiger partial charge in [0.25, 0.3) is 0 Å². The fraction of sp³-hybridized carbons (Fsp3) is 0.286. The largest absolute Gasteiger partial charge is 0.486 e. The molecule has 0 fully saturated rings. The third-order valence-corrected chi connectivity index (χ3v) is 3.32. The van der Waals surface area contributed by atoms with Gasteiger partial charge in [0, 0.05) is 17.8 Å². The molecule has 0 atom stereocenters. The van der Waals surface area contributed by atoms with Crippen molar-refractivity contribution in [2.45, 2.75) is 20.0 Å². The summed E-state index contributed by atoms with van der Waals surface area (Å²) >= 11 is 5.80. The van der Waals surface area contributed by atoms with Gasteiger partial charge < -0.3 is 14.4 Å². The van der Waals surface area contributed by atoms with Crippen molar-refractivity contribution >= 4 is 17.6 Å². The summed E-state index contributed by atoms with van der Waals surface area (Å²) in [6, 6.07) is 7.04. The summed E-state index contributed by atoms with van der Waals surface area (Å²) in [5, 5.41) is 9.48. The Balaban J connectivity index is 2.09. The Morgan fingerprint density at radius 3 is 2.65 bits per heavy atom. The highest BCUT2D eigenvalue weighted by Gasteiger charge is 2.14. The van der Waals surface area contributed by atoms with Crippen molar-refractivity contribution < 1.29 is 14.6 Å². The Morgan fingerprint density at radius 2 is 2.05 bits per heavy atom. The molecular formula is C14H15ClN2O3. The number of carboxylic acids is 1. The molecule has 0 radical (unpaired) electrons. The smallest absolute Gasteiger partial charge is 0.309 e. The summed E-state index contributed by atoms with van der Waals surface area (Å²) in [5.74, 6) is 0.486. The number of nitrogens with zero attached hydrogens (tertiary/aromatic N) is 2. The van der Waals surface area contributed by atoms with Gasteiger partial charge in [0.1, 0.15) is 18.2 Å². The molecule has 0 saturated carbocycles. The van der Waals surface area contributed by atoms with Gasteiger partial charge in [0.05, 0.1) is 12.1 Å². The van der Waals surface area contributed by atoms with Crippen molar-refractivity contribution in [1.29, 1.82) is 0 Å². The lowest BCUT2D eigenvalue weighted by Gasteiger charge is -2.06. The average molecular weight is 295 g/mol. The number of benzene rings is 1. The number of halogens is 1. The number of aliphatic carboxylic acids is 1. The Hall–Kier alpha value is -2.01. The lowest BCUT2D eigenvalue weighted by atomic mass is 10.2. The second-order valence-corrected chi connectivity index (χ2v) is 4.87. The summed E-state index contributed by atoms with van der Waals surface area (Å²) in [5.41, 5.74) is 1.40. The third-order valence-electron chi connectivity index (χ3n) is 3.07. The first-order valence-corrected chi connectivity index (χ1v) is 6.46. The molecule has 0 spiro atoms. The van der Waals surface area contributed by atoms with E-state index < -0.39 is 5.97 Å². The Morgan fingerprint density at radius 1 is 1.40 bits per heavy atom. The van der Waals surface area contributed by atoms with E-state index in [0.717, 1.165) is 5.69 Å². The molecule has 2 aromatic rings. The third kappa shape index (κ3) is 3.30. The fourth-order valence-corrected chi connectivity index (χ4v) is 1.94. The van der Waals surface area contributed by atoms with Crippen molar-refractivity contribution in [3.05, 3.63) is 46.5 Å². The molecular weight excluding hydrogens is 280 g/mol. The second-order valence-electron chi connectivity index (χ2n) is 4.43. The number of hydrogen-bond donors (Lipinski definition) is 1. The molecule has 0 aliphatic heterocycles. The molecule has 5 nitrogen and oxygen atoms in total. The number of imidazole rings is 1. The van der Waals surface area contributed by atoms with Crippen molar-refractivity contribution in [3.8, 4) is 5.75 Å². The van der Waals surface area contributed by atoms with Crippen LogP contribution in [-0.2, 0) is 24.9 Å². The maximum absolute atomic E-state index is 10.8. The van der Waals surface area contributed by atoms with E-state index in [4.69, 9.17) is 21.4 Å². The van der Waals surface area contributed by atoms with Crippen LogP contribution in [0.3, 0.4) is 0 Å². The molecule has 20 heavy (non-hydrogen) atoms. The number of aromatic nitrogens is 2. The van der Waals surface area contributed by atoms with Crippen molar-refractivity contribution in [2.24, 2.45) is 7.05 Å². The first-order chi connectivity index (χ1) is 9.47. The monoisotopic (exact) mass is 294 g/mol. The standard InChI is InChI=1S/C14H15ClN2O3/c1-9-12(7-14(18)19)16-13(17(9)2)8-20-11-5-3-10(15)4-6-11/h3-6H,7-8H2,1-2H3,(H,18,19). The lowest BCUT2D eigenvalue weighted by molar-refractivity contribution is -0.136. The predicted molar refractivity (Wildman–Crippen MR) is 75.1 cm³/mol. The fourth-order valence-electron chi connectivity index (χ4n) is 1.82. The van der Waals surface area contributed by atoms with Crippen LogP contribution in [0.2, 0.25) is 5.02 Å². The maximum Gasteiger partial charge on any atom is 0.309 e. The Kier molecular flexibility index (Phi) is 4.29. The second kappa shape index (κ2) is 5.96. The van der Waals surface area contributed by atoms with Crippen LogP contribution in [0, 0.1) is 6.92 Å². The zero-order valence-electron chi connectivity index (χ0n) is 11.3. The molecule has 1 N–H and O–H groups in total. The number of hydrogen-bond acceptors (Lipinski definition) is 3. The molecule has 106 valence electrons. The first-order valence-electron chi connectivity index (χ1n) is 6.08. The highest BCUT2D eigenvalue weighted by molar-refractivity contribution is 6.30. The van der Waals surface area contributed by atoms with Gasteiger partial charge in [-0.15, -0.1) is 0 Å². The van der Waals surface area contributed by atoms with E-state index in [1.54, 1.807) is 24.3 Å². The minimum absolute atomic E-state index is 0.0827. The Bertz CT molecular complexity index is 620. The SMILES string of the molecule is Cc1c(CC(=O)O)nc(COc2ccc(Cl)cc2)n1C. The van der Waals surface area contributed by atoms with E-state index in [0.29, 0.717) is 22.3 Å². The van der Waals surface area contributed by atoms with Crippen LogP contribution in [0.5, 0.6) is 5.75 Å². The van der Waals surface area contributed by atoms with E-state index in [-0.39, 0.29) is 13.0 Å². The van der Waals surface area contributed by atoms with E-state index in [1.165, 1.54) is 0 Å². The summed E-state index contributed by atoms with van der Waals surface area (Å²) in [4.78, 5) is 15.1. The summed E-state index contributed by atoms with van der Waals surface area (Å²) in [6.07, 6.45) is -0.0827. The Labute approximate surface area is 121 Å². The van der Waals surface area contributed by atoms with E-state index in [2.05, 4.69) is 4.98 Å². The van der Waals surface area contributed by atoms with Crippen molar-refractivity contribution in [2.75, 3.05) is 0 Å². The van der Waals surface area contributed by atoms with Gasteiger partial charge in [-0.2, -0.15) is 0 Å². The number of rotatable bonds is 5. The van der Waals surface area contributed by atoms with Crippen LogP contribution >= 0.6 is 11.6 Å². The van der Waals surface area contributed by atoms with Gasteiger partial charge in [0.15, 0.2) is 0 Å². The molecule has 0 aliphatic carbocycles. The van der Waals surface area contributed by atoms with Crippen LogP contribution in [0.1, 0.15) is 17.2 Å². The number of carbonyl (C=O) groups is 1. The quantitative estimate of drug-likeness (QED) is 0.920. The molecule has 0 aliphatic rings. The summed E-state index contributed by atoms with van der Waals surface area (Å²) in [7, 11) is 1.84. The van der Waals surface area contributed by atoms with Gasteiger partial charge in [0.2, 0.25) is 0 Å². The van der Waals surface area contributed by atoms with Crippen LogP contribution in [-0.4, -0.2) is 20.6 Å². The number of carboxylic acid groups (broad SMARTS) is 1. The minimum Gasteiger partial charge on any atom is -0.486 e. The van der Waals surface area contributed by atoms with Crippen molar-refractivity contribution in [1.82, 2.24) is 9.55 Å². The normalized spacial score (nSPS) is 10.6. The molecule has 0 unspecified atom stereocenters. The molecule has 6 heteroatoms. The highest BCUT2D eigenvalue weighted by Crippen LogP contribution is 2.17. The topological polar surface area (TPSA) is 64.3 Å². The molecule has 0 amide bonds. The van der Waals surface area contributed by atoms with Crippen molar-refractivity contribution in [3.63, 3.8) is 0 Å². The van der Waals surface area contributed by atoms with Gasteiger partial charge in [-0.1, -0.05) is 11.6 Å². The maximum atomic E-state index is 10.8. The van der Waals surface area contributed by atoms with Gasteiger partial charge in [-0.3, -0.25) is 4.79 Å². The van der Waals surface area contributed by atoms with Gasteiger partial charge in [-0.25, -0.2) is 4.98 Å².